The van der Waals surface area contributed by atoms with E-state index in [-0.39, 0.29) is 0 Å². The van der Waals surface area contributed by atoms with E-state index in [0.717, 1.165) is 18.8 Å². The molecule has 0 amide bonds. The molecule has 1 rings (SSSR count). The Kier molecular flexibility index (Phi) is 5.42. The molecule has 1 aliphatic heterocycles. The second-order valence-corrected chi connectivity index (χ2v) is 5.44. The smallest absolute Gasteiger partial charge is 0.129 e. The first-order chi connectivity index (χ1) is 7.50. The number of carbonyl (C=O) groups excluding carboxylic acids is 1. The van der Waals surface area contributed by atoms with Crippen LogP contribution in [0.25, 0.3) is 0 Å². The van der Waals surface area contributed by atoms with Gasteiger partial charge < -0.3 is 14.6 Å². The number of nitrogens with zero attached hydrogens (tertiary/aromatic N) is 2. The van der Waals surface area contributed by atoms with Crippen molar-refractivity contribution in [3.8, 4) is 0 Å². The minimum atomic E-state index is 0.316. The summed E-state index contributed by atoms with van der Waals surface area (Å²) in [4.78, 5) is 15.8. The molecule has 94 valence electrons. The van der Waals surface area contributed by atoms with E-state index >= 15 is 0 Å². The minimum absolute atomic E-state index is 0.316. The number of ketones is 1. The van der Waals surface area contributed by atoms with E-state index in [1.165, 1.54) is 25.9 Å². The molecular weight excluding hydrogens is 200 g/mol. The van der Waals surface area contributed by atoms with Gasteiger partial charge in [-0.3, -0.25) is 0 Å². The number of hydrogen-bond acceptors (Lipinski definition) is 3. The van der Waals surface area contributed by atoms with E-state index < -0.39 is 0 Å². The van der Waals surface area contributed by atoms with Crippen LogP contribution in [-0.2, 0) is 4.79 Å². The second kappa shape index (κ2) is 6.36. The fourth-order valence-electron chi connectivity index (χ4n) is 2.79. The first-order valence-corrected chi connectivity index (χ1v) is 6.35. The maximum atomic E-state index is 11.1. The van der Waals surface area contributed by atoms with Crippen molar-refractivity contribution in [3.63, 3.8) is 0 Å². The van der Waals surface area contributed by atoms with Gasteiger partial charge in [0, 0.05) is 19.0 Å². The monoisotopic (exact) mass is 226 g/mol. The summed E-state index contributed by atoms with van der Waals surface area (Å²) in [6, 6.07) is 0.562. The van der Waals surface area contributed by atoms with Crippen LogP contribution < -0.4 is 0 Å². The van der Waals surface area contributed by atoms with Gasteiger partial charge in [0.2, 0.25) is 0 Å². The predicted octanol–water partition coefficient (Wildman–Crippen LogP) is 1.63. The molecule has 0 radical (unpaired) electrons. The lowest BCUT2D eigenvalue weighted by molar-refractivity contribution is -0.117. The van der Waals surface area contributed by atoms with E-state index in [1.54, 1.807) is 6.92 Å². The van der Waals surface area contributed by atoms with Crippen LogP contribution in [0.2, 0.25) is 0 Å². The maximum Gasteiger partial charge on any atom is 0.129 e. The number of hydrogen-bond donors (Lipinski definition) is 0. The molecule has 1 aliphatic rings. The molecule has 0 bridgehead atoms. The molecule has 3 nitrogen and oxygen atoms in total. The normalized spacial score (nSPS) is 24.7. The molecule has 2 unspecified atom stereocenters. The van der Waals surface area contributed by atoms with Gasteiger partial charge in [0.05, 0.1) is 0 Å². The number of rotatable bonds is 5. The van der Waals surface area contributed by atoms with Crippen molar-refractivity contribution < 1.29 is 4.79 Å². The highest BCUT2D eigenvalue weighted by molar-refractivity contribution is 5.75. The molecule has 2 atom stereocenters. The zero-order chi connectivity index (χ0) is 12.1. The van der Waals surface area contributed by atoms with Crippen LogP contribution in [0.3, 0.4) is 0 Å². The molecule has 0 aliphatic carbocycles. The van der Waals surface area contributed by atoms with Gasteiger partial charge >= 0.3 is 0 Å². The van der Waals surface area contributed by atoms with E-state index in [2.05, 4.69) is 30.9 Å². The largest absolute Gasteiger partial charge is 0.306 e. The first kappa shape index (κ1) is 13.7. The summed E-state index contributed by atoms with van der Waals surface area (Å²) >= 11 is 0. The van der Waals surface area contributed by atoms with Crippen LogP contribution in [0.15, 0.2) is 0 Å². The molecule has 0 spiro atoms. The van der Waals surface area contributed by atoms with Crippen molar-refractivity contribution in [2.24, 2.45) is 5.92 Å². The van der Waals surface area contributed by atoms with Gasteiger partial charge in [-0.25, -0.2) is 0 Å². The van der Waals surface area contributed by atoms with Crippen molar-refractivity contribution in [1.29, 1.82) is 0 Å². The van der Waals surface area contributed by atoms with Crippen molar-refractivity contribution in [2.75, 3.05) is 34.2 Å². The molecule has 0 saturated carbocycles. The Morgan fingerprint density at radius 1 is 1.50 bits per heavy atom. The topological polar surface area (TPSA) is 23.6 Å². The van der Waals surface area contributed by atoms with Crippen LogP contribution in [0, 0.1) is 5.92 Å². The molecular formula is C13H26N2O. The Morgan fingerprint density at radius 2 is 2.19 bits per heavy atom. The maximum absolute atomic E-state index is 11.1. The summed E-state index contributed by atoms with van der Waals surface area (Å²) in [5, 5.41) is 0. The highest BCUT2D eigenvalue weighted by Crippen LogP contribution is 2.24. The zero-order valence-electron chi connectivity index (χ0n) is 11.2. The highest BCUT2D eigenvalue weighted by atomic mass is 16.1. The molecule has 16 heavy (non-hydrogen) atoms. The number of Topliss-reactive ketones (excluding diaryl/α,β-unsaturated/α-hetero) is 1. The van der Waals surface area contributed by atoms with Gasteiger partial charge in [0.1, 0.15) is 5.78 Å². The van der Waals surface area contributed by atoms with Crippen molar-refractivity contribution in [1.82, 2.24) is 9.80 Å². The molecule has 1 heterocycles. The third-order valence-electron chi connectivity index (χ3n) is 3.66. The van der Waals surface area contributed by atoms with Gasteiger partial charge in [-0.1, -0.05) is 0 Å². The summed E-state index contributed by atoms with van der Waals surface area (Å²) in [5.74, 6) is 1.05. The van der Waals surface area contributed by atoms with E-state index in [9.17, 15) is 4.79 Å². The van der Waals surface area contributed by atoms with Gasteiger partial charge in [-0.15, -0.1) is 0 Å². The Morgan fingerprint density at radius 3 is 2.69 bits per heavy atom. The van der Waals surface area contributed by atoms with Crippen molar-refractivity contribution >= 4 is 5.78 Å². The number of piperidine rings is 1. The first-order valence-electron chi connectivity index (χ1n) is 6.35. The Balaban J connectivity index is 2.51. The summed E-state index contributed by atoms with van der Waals surface area (Å²) in [5.41, 5.74) is 0. The summed E-state index contributed by atoms with van der Waals surface area (Å²) in [6.45, 7) is 4.10. The van der Waals surface area contributed by atoms with Gasteiger partial charge in [-0.2, -0.15) is 0 Å². The lowest BCUT2D eigenvalue weighted by atomic mass is 9.87. The predicted molar refractivity (Wildman–Crippen MR) is 67.6 cm³/mol. The van der Waals surface area contributed by atoms with Crippen LogP contribution in [0.4, 0.5) is 0 Å². The fourth-order valence-corrected chi connectivity index (χ4v) is 2.79. The third-order valence-corrected chi connectivity index (χ3v) is 3.66. The SMILES string of the molecule is CC(=O)CCC(C1CCCN(C)C1)N(C)C. The van der Waals surface area contributed by atoms with Gasteiger partial charge in [0.25, 0.3) is 0 Å². The number of carbonyl (C=O) groups is 1. The number of likely N-dealkylation sites (tertiary alicyclic amines) is 1. The lowest BCUT2D eigenvalue weighted by Crippen LogP contribution is -2.44. The van der Waals surface area contributed by atoms with Gasteiger partial charge in [0.15, 0.2) is 0 Å². The summed E-state index contributed by atoms with van der Waals surface area (Å²) in [7, 11) is 6.47. The van der Waals surface area contributed by atoms with Crippen LogP contribution in [-0.4, -0.2) is 55.9 Å². The van der Waals surface area contributed by atoms with Crippen molar-refractivity contribution in [3.05, 3.63) is 0 Å². The quantitative estimate of drug-likeness (QED) is 0.712. The molecule has 0 aromatic rings. The molecule has 0 aromatic heterocycles. The average molecular weight is 226 g/mol. The van der Waals surface area contributed by atoms with E-state index in [0.29, 0.717) is 11.8 Å². The molecule has 0 aromatic carbocycles. The van der Waals surface area contributed by atoms with Crippen LogP contribution >= 0.6 is 0 Å². The second-order valence-electron chi connectivity index (χ2n) is 5.44. The summed E-state index contributed by atoms with van der Waals surface area (Å²) in [6.07, 6.45) is 4.35. The van der Waals surface area contributed by atoms with E-state index in [1.807, 2.05) is 0 Å². The summed E-state index contributed by atoms with van der Waals surface area (Å²) < 4.78 is 0. The Hall–Kier alpha value is -0.410. The Labute approximate surface area is 99.8 Å². The highest BCUT2D eigenvalue weighted by Gasteiger charge is 2.27. The Bertz CT molecular complexity index is 228. The molecule has 3 heteroatoms. The van der Waals surface area contributed by atoms with Gasteiger partial charge in [-0.05, 0) is 59.8 Å². The average Bonchev–Trinajstić information content (AvgIpc) is 2.17. The zero-order valence-corrected chi connectivity index (χ0v) is 11.2. The molecule has 1 saturated heterocycles. The fraction of sp³-hybridized carbons (Fsp3) is 0.923. The van der Waals surface area contributed by atoms with Crippen LogP contribution in [0.1, 0.15) is 32.6 Å². The third kappa shape index (κ3) is 4.22. The lowest BCUT2D eigenvalue weighted by Gasteiger charge is -2.38. The van der Waals surface area contributed by atoms with Crippen LogP contribution in [0.5, 0.6) is 0 Å². The van der Waals surface area contributed by atoms with Crippen molar-refractivity contribution in [2.45, 2.75) is 38.6 Å². The minimum Gasteiger partial charge on any atom is -0.306 e. The molecule has 1 fully saturated rings. The standard InChI is InChI=1S/C13H26N2O/c1-11(16)7-8-13(14(2)3)12-6-5-9-15(4)10-12/h12-13H,5-10H2,1-4H3. The molecule has 0 N–H and O–H groups in total. The van der Waals surface area contributed by atoms with E-state index in [4.69, 9.17) is 0 Å².